The van der Waals surface area contributed by atoms with Crippen LogP contribution in [0.25, 0.3) is 22.8 Å². The van der Waals surface area contributed by atoms with Crippen molar-refractivity contribution in [2.24, 2.45) is 0 Å². The van der Waals surface area contributed by atoms with Crippen LogP contribution in [0.5, 0.6) is 0 Å². The van der Waals surface area contributed by atoms with Crippen molar-refractivity contribution in [2.75, 3.05) is 0 Å². The van der Waals surface area contributed by atoms with Gasteiger partial charge in [-0.15, -0.1) is 5.10 Å². The second-order valence-corrected chi connectivity index (χ2v) is 12.9. The molecule has 3 nitrogen and oxygen atoms in total. The lowest BCUT2D eigenvalue weighted by Crippen LogP contribution is -2.34. The quantitative estimate of drug-likeness (QED) is 0.202. The summed E-state index contributed by atoms with van der Waals surface area (Å²) in [6.45, 7) is 22.7. The van der Waals surface area contributed by atoms with E-state index in [1.54, 1.807) is 0 Å². The Balaban J connectivity index is 2.06. The normalized spacial score (nSPS) is 12.5. The molecule has 0 unspecified atom stereocenters. The molecule has 0 amide bonds. The van der Waals surface area contributed by atoms with Crippen LogP contribution in [0.15, 0.2) is 66.7 Å². The maximum Gasteiger partial charge on any atom is 0.273 e. The van der Waals surface area contributed by atoms with E-state index in [1.165, 1.54) is 27.9 Å². The number of hydrogen-bond donors (Lipinski definition) is 0. The fourth-order valence-corrected chi connectivity index (χ4v) is 4.72. The molecule has 4 aromatic rings. The van der Waals surface area contributed by atoms with Crippen molar-refractivity contribution in [3.63, 3.8) is 0 Å². The Morgan fingerprint density at radius 2 is 1.22 bits per heavy atom. The number of rotatable bonds is 5. The molecule has 3 aromatic carbocycles. The number of hydrogen-bond acceptors (Lipinski definition) is 1. The number of para-hydroxylation sites is 1. The van der Waals surface area contributed by atoms with Crippen LogP contribution in [0.1, 0.15) is 103 Å². The van der Waals surface area contributed by atoms with Gasteiger partial charge in [-0.2, -0.15) is 4.68 Å². The molecule has 0 fully saturated rings. The Bertz CT molecular complexity index is 1320. The highest BCUT2D eigenvalue weighted by atomic mass is 15.4. The summed E-state index contributed by atoms with van der Waals surface area (Å²) in [5, 5.41) is 5.20. The van der Waals surface area contributed by atoms with E-state index < -0.39 is 0 Å². The molecule has 0 aliphatic heterocycles. The van der Waals surface area contributed by atoms with E-state index >= 15 is 0 Å². The third-order valence-corrected chi connectivity index (χ3v) is 7.09. The molecule has 0 saturated heterocycles. The van der Waals surface area contributed by atoms with Crippen molar-refractivity contribution in [2.45, 2.75) is 91.9 Å². The first-order valence-electron chi connectivity index (χ1n) is 13.6. The molecule has 0 aliphatic carbocycles. The average Bonchev–Trinajstić information content (AvgIpc) is 3.28. The zero-order valence-electron chi connectivity index (χ0n) is 24.3. The topological polar surface area (TPSA) is 21.7 Å². The fraction of sp³-hybridized carbons (Fsp3) is 0.412. The predicted molar refractivity (Wildman–Crippen MR) is 155 cm³/mol. The van der Waals surface area contributed by atoms with E-state index in [4.69, 9.17) is 5.10 Å². The molecule has 0 spiro atoms. The Hall–Kier alpha value is -3.20. The predicted octanol–water partition coefficient (Wildman–Crippen LogP) is 8.46. The smallest absolute Gasteiger partial charge is 0.273 e. The van der Waals surface area contributed by atoms with Crippen LogP contribution in [0.3, 0.4) is 0 Å². The Morgan fingerprint density at radius 3 is 1.68 bits per heavy atom. The summed E-state index contributed by atoms with van der Waals surface area (Å²) in [7, 11) is 0. The van der Waals surface area contributed by atoms with Crippen molar-refractivity contribution in [3.05, 3.63) is 95.3 Å². The molecular weight excluding hydrogens is 450 g/mol. The second-order valence-electron chi connectivity index (χ2n) is 12.9. The molecule has 1 heterocycles. The fourth-order valence-electron chi connectivity index (χ4n) is 4.72. The van der Waals surface area contributed by atoms with E-state index in [2.05, 4.69) is 147 Å². The average molecular weight is 494 g/mol. The second kappa shape index (κ2) is 9.93. The van der Waals surface area contributed by atoms with Crippen LogP contribution in [-0.2, 0) is 10.8 Å². The first-order chi connectivity index (χ1) is 17.3. The lowest BCUT2D eigenvalue weighted by molar-refractivity contribution is -0.660. The maximum absolute atomic E-state index is 5.20. The van der Waals surface area contributed by atoms with Gasteiger partial charge in [-0.05, 0) is 44.9 Å². The molecule has 1 aromatic heterocycles. The van der Waals surface area contributed by atoms with Gasteiger partial charge in [-0.25, -0.2) is 0 Å². The summed E-state index contributed by atoms with van der Waals surface area (Å²) >= 11 is 0. The van der Waals surface area contributed by atoms with Crippen molar-refractivity contribution >= 4 is 0 Å². The van der Waals surface area contributed by atoms with Crippen LogP contribution in [-0.4, -0.2) is 9.67 Å². The van der Waals surface area contributed by atoms with E-state index in [9.17, 15) is 0 Å². The van der Waals surface area contributed by atoms with E-state index in [1.807, 2.05) is 4.68 Å². The zero-order valence-corrected chi connectivity index (χ0v) is 24.3. The van der Waals surface area contributed by atoms with Crippen LogP contribution in [0.2, 0.25) is 0 Å². The third kappa shape index (κ3) is 5.56. The minimum atomic E-state index is 0.0243. The summed E-state index contributed by atoms with van der Waals surface area (Å²) in [4.78, 5) is 0. The monoisotopic (exact) mass is 493 g/mol. The van der Waals surface area contributed by atoms with Gasteiger partial charge >= 0.3 is 0 Å². The Labute approximate surface area is 224 Å². The van der Waals surface area contributed by atoms with Crippen LogP contribution < -0.4 is 4.68 Å². The minimum absolute atomic E-state index is 0.0243. The van der Waals surface area contributed by atoms with Gasteiger partial charge in [0.15, 0.2) is 5.82 Å². The lowest BCUT2D eigenvalue weighted by Gasteiger charge is -2.26. The van der Waals surface area contributed by atoms with Crippen LogP contribution >= 0.6 is 0 Å². The van der Waals surface area contributed by atoms with Crippen molar-refractivity contribution < 1.29 is 4.68 Å². The molecule has 0 bridgehead atoms. The SMILES string of the molecule is CC(C)c1cccc(C(C)C)c1-n1[c-][n+](-c2cc(C(C)(C)C)cc(C(C)(C)C)c2)nc1-c1ccccc1. The Morgan fingerprint density at radius 1 is 0.703 bits per heavy atom. The van der Waals surface area contributed by atoms with Crippen molar-refractivity contribution in [1.29, 1.82) is 0 Å². The molecule has 4 rings (SSSR count). The van der Waals surface area contributed by atoms with Crippen molar-refractivity contribution in [3.8, 4) is 22.8 Å². The van der Waals surface area contributed by atoms with E-state index in [0.717, 1.165) is 17.1 Å². The first-order valence-corrected chi connectivity index (χ1v) is 13.6. The van der Waals surface area contributed by atoms with Gasteiger partial charge in [-0.1, -0.05) is 136 Å². The highest BCUT2D eigenvalue weighted by molar-refractivity contribution is 5.61. The minimum Gasteiger partial charge on any atom is -0.293 e. The molecule has 0 atom stereocenters. The van der Waals surface area contributed by atoms with Gasteiger partial charge < -0.3 is 0 Å². The number of benzene rings is 3. The molecule has 0 radical (unpaired) electrons. The number of aromatic nitrogens is 3. The van der Waals surface area contributed by atoms with Gasteiger partial charge in [0, 0.05) is 5.56 Å². The third-order valence-electron chi connectivity index (χ3n) is 7.09. The molecule has 194 valence electrons. The van der Waals surface area contributed by atoms with Gasteiger partial charge in [0.2, 0.25) is 0 Å². The van der Waals surface area contributed by atoms with E-state index in [-0.39, 0.29) is 10.8 Å². The standard InChI is InChI=1S/C34H43N3/c1-23(2)29-17-14-18-30(24(3)4)31(29)36-22-37(35-32(36)25-15-12-11-13-16-25)28-20-26(33(5,6)7)19-27(21-28)34(8,9)10/h11-21,23-24H,1-10H3. The molecular formula is C34H43N3. The van der Waals surface area contributed by atoms with Gasteiger partial charge in [-0.3, -0.25) is 4.57 Å². The molecule has 0 saturated carbocycles. The molecule has 0 N–H and O–H groups in total. The first kappa shape index (κ1) is 26.9. The zero-order chi connectivity index (χ0) is 27.1. The lowest BCUT2D eigenvalue weighted by atomic mass is 9.80. The highest BCUT2D eigenvalue weighted by Gasteiger charge is 2.24. The molecule has 3 heteroatoms. The van der Waals surface area contributed by atoms with Crippen LogP contribution in [0.4, 0.5) is 0 Å². The number of nitrogens with zero attached hydrogens (tertiary/aromatic N) is 3. The summed E-state index contributed by atoms with van der Waals surface area (Å²) in [5.41, 5.74) is 8.59. The summed E-state index contributed by atoms with van der Waals surface area (Å²) in [6.07, 6.45) is 3.68. The highest BCUT2D eigenvalue weighted by Crippen LogP contribution is 2.34. The Kier molecular flexibility index (Phi) is 7.21. The van der Waals surface area contributed by atoms with Gasteiger partial charge in [0.25, 0.3) is 6.33 Å². The molecule has 37 heavy (non-hydrogen) atoms. The maximum atomic E-state index is 5.20. The summed E-state index contributed by atoms with van der Waals surface area (Å²) < 4.78 is 4.15. The van der Waals surface area contributed by atoms with Crippen LogP contribution in [0, 0.1) is 6.33 Å². The van der Waals surface area contributed by atoms with E-state index in [0.29, 0.717) is 11.8 Å². The largest absolute Gasteiger partial charge is 0.293 e. The molecule has 0 aliphatic rings. The van der Waals surface area contributed by atoms with Gasteiger partial charge in [0.1, 0.15) is 0 Å². The summed E-state index contributed by atoms with van der Waals surface area (Å²) in [5.74, 6) is 1.64. The summed E-state index contributed by atoms with van der Waals surface area (Å²) in [6, 6.07) is 24.1. The van der Waals surface area contributed by atoms with Gasteiger partial charge in [0.05, 0.1) is 11.4 Å². The van der Waals surface area contributed by atoms with Crippen molar-refractivity contribution in [1.82, 2.24) is 9.67 Å².